The third kappa shape index (κ3) is 65.5. The number of carbonyl (C=O) groups excluding carboxylic acids is 2. The molecular formula is C74H143NO5. The SMILES string of the molecule is CCCCCC/C=C\C/C=C\CCCCCCCCCC(=O)OCCCCCCCCCCCCCCCCCCCCCCCCCCCC(=O)NC(CO)C(O)CCCCCCCCCCCCCCCCCCCCCC. The van der Waals surface area contributed by atoms with Gasteiger partial charge in [0.05, 0.1) is 25.4 Å². The number of esters is 1. The van der Waals surface area contributed by atoms with Crippen molar-refractivity contribution in [2.45, 2.75) is 424 Å². The van der Waals surface area contributed by atoms with Gasteiger partial charge >= 0.3 is 5.97 Å². The maximum absolute atomic E-state index is 12.5. The minimum atomic E-state index is -0.664. The van der Waals surface area contributed by atoms with Crippen LogP contribution >= 0.6 is 0 Å². The second kappa shape index (κ2) is 69.8. The van der Waals surface area contributed by atoms with Crippen molar-refractivity contribution in [1.29, 1.82) is 0 Å². The lowest BCUT2D eigenvalue weighted by atomic mass is 10.0. The molecule has 1 amide bonds. The van der Waals surface area contributed by atoms with Crippen molar-refractivity contribution in [3.63, 3.8) is 0 Å². The summed E-state index contributed by atoms with van der Waals surface area (Å²) in [6.45, 7) is 4.98. The van der Waals surface area contributed by atoms with Crippen molar-refractivity contribution in [2.75, 3.05) is 13.2 Å². The van der Waals surface area contributed by atoms with Crippen molar-refractivity contribution in [1.82, 2.24) is 5.32 Å². The van der Waals surface area contributed by atoms with E-state index in [0.717, 1.165) is 51.4 Å². The topological polar surface area (TPSA) is 95.9 Å². The second-order valence-corrected chi connectivity index (χ2v) is 25.3. The fourth-order valence-electron chi connectivity index (χ4n) is 11.7. The Labute approximate surface area is 501 Å². The van der Waals surface area contributed by atoms with Gasteiger partial charge in [0.25, 0.3) is 0 Å². The lowest BCUT2D eigenvalue weighted by Crippen LogP contribution is -2.45. The first-order valence-electron chi connectivity index (χ1n) is 36.6. The molecule has 0 saturated carbocycles. The van der Waals surface area contributed by atoms with Crippen molar-refractivity contribution in [2.24, 2.45) is 0 Å². The van der Waals surface area contributed by atoms with Crippen LogP contribution in [0.5, 0.6) is 0 Å². The molecule has 0 heterocycles. The van der Waals surface area contributed by atoms with Crippen LogP contribution in [0.1, 0.15) is 412 Å². The molecule has 0 saturated heterocycles. The third-order valence-corrected chi connectivity index (χ3v) is 17.3. The number of rotatable bonds is 69. The average molecular weight is 1130 g/mol. The highest BCUT2D eigenvalue weighted by atomic mass is 16.5. The van der Waals surface area contributed by atoms with Crippen LogP contribution < -0.4 is 5.32 Å². The van der Waals surface area contributed by atoms with Crippen LogP contribution in [-0.2, 0) is 14.3 Å². The summed E-state index contributed by atoms with van der Waals surface area (Å²) in [5.41, 5.74) is 0. The molecule has 80 heavy (non-hydrogen) atoms. The molecule has 0 aromatic rings. The molecule has 2 atom stereocenters. The number of hydrogen-bond acceptors (Lipinski definition) is 5. The van der Waals surface area contributed by atoms with Gasteiger partial charge in [-0.3, -0.25) is 9.59 Å². The number of amides is 1. The smallest absolute Gasteiger partial charge is 0.305 e. The van der Waals surface area contributed by atoms with Crippen LogP contribution in [0.4, 0.5) is 0 Å². The van der Waals surface area contributed by atoms with Crippen molar-refractivity contribution in [3.8, 4) is 0 Å². The summed E-state index contributed by atoms with van der Waals surface area (Å²) in [5.74, 6) is -0.0187. The maximum atomic E-state index is 12.5. The number of ether oxygens (including phenoxy) is 1. The van der Waals surface area contributed by atoms with Crippen molar-refractivity contribution in [3.05, 3.63) is 24.3 Å². The zero-order chi connectivity index (χ0) is 57.8. The molecule has 474 valence electrons. The molecule has 0 radical (unpaired) electrons. The van der Waals surface area contributed by atoms with Gasteiger partial charge in [-0.25, -0.2) is 0 Å². The molecule has 6 nitrogen and oxygen atoms in total. The Morgan fingerprint density at radius 1 is 0.350 bits per heavy atom. The number of nitrogens with one attached hydrogen (secondary N) is 1. The molecule has 2 unspecified atom stereocenters. The Bertz CT molecular complexity index is 1250. The van der Waals surface area contributed by atoms with Crippen LogP contribution in [0, 0.1) is 0 Å². The summed E-state index contributed by atoms with van der Waals surface area (Å²) in [5, 5.41) is 23.4. The Kier molecular flexibility index (Phi) is 68.4. The van der Waals surface area contributed by atoms with Gasteiger partial charge in [-0.15, -0.1) is 0 Å². The van der Waals surface area contributed by atoms with E-state index in [0.29, 0.717) is 25.9 Å². The van der Waals surface area contributed by atoms with Gasteiger partial charge in [0.1, 0.15) is 0 Å². The van der Waals surface area contributed by atoms with Gasteiger partial charge in [0.15, 0.2) is 0 Å². The fourth-order valence-corrected chi connectivity index (χ4v) is 11.7. The van der Waals surface area contributed by atoms with Gasteiger partial charge in [0, 0.05) is 12.8 Å². The van der Waals surface area contributed by atoms with Gasteiger partial charge in [-0.05, 0) is 57.8 Å². The van der Waals surface area contributed by atoms with Crippen LogP contribution in [0.3, 0.4) is 0 Å². The van der Waals surface area contributed by atoms with E-state index in [4.69, 9.17) is 4.74 Å². The maximum Gasteiger partial charge on any atom is 0.305 e. The van der Waals surface area contributed by atoms with Crippen LogP contribution in [0.2, 0.25) is 0 Å². The minimum Gasteiger partial charge on any atom is -0.466 e. The monoisotopic (exact) mass is 1130 g/mol. The molecule has 0 rings (SSSR count). The Hall–Kier alpha value is -1.66. The lowest BCUT2D eigenvalue weighted by molar-refractivity contribution is -0.143. The van der Waals surface area contributed by atoms with E-state index in [1.807, 2.05) is 0 Å². The third-order valence-electron chi connectivity index (χ3n) is 17.3. The lowest BCUT2D eigenvalue weighted by Gasteiger charge is -2.22. The van der Waals surface area contributed by atoms with Crippen LogP contribution in [0.25, 0.3) is 0 Å². The summed E-state index contributed by atoms with van der Waals surface area (Å²) >= 11 is 0. The Morgan fingerprint density at radius 3 is 0.963 bits per heavy atom. The first kappa shape index (κ1) is 78.3. The molecule has 6 heteroatoms. The van der Waals surface area contributed by atoms with E-state index in [1.165, 1.54) is 327 Å². The van der Waals surface area contributed by atoms with E-state index < -0.39 is 12.1 Å². The highest BCUT2D eigenvalue weighted by Crippen LogP contribution is 2.19. The van der Waals surface area contributed by atoms with E-state index in [-0.39, 0.29) is 18.5 Å². The summed E-state index contributed by atoms with van der Waals surface area (Å²) in [7, 11) is 0. The molecule has 3 N–H and O–H groups in total. The number of hydrogen-bond donors (Lipinski definition) is 3. The number of unbranched alkanes of at least 4 members (excludes halogenated alkanes) is 54. The normalized spacial score (nSPS) is 12.6. The first-order valence-corrected chi connectivity index (χ1v) is 36.6. The van der Waals surface area contributed by atoms with Crippen molar-refractivity contribution < 1.29 is 24.5 Å². The van der Waals surface area contributed by atoms with Gasteiger partial charge in [-0.2, -0.15) is 0 Å². The van der Waals surface area contributed by atoms with E-state index in [9.17, 15) is 19.8 Å². The number of aliphatic hydroxyl groups excluding tert-OH is 2. The molecule has 0 spiro atoms. The summed E-state index contributed by atoms with van der Waals surface area (Å²) in [6.07, 6.45) is 88.0. The van der Waals surface area contributed by atoms with Crippen LogP contribution in [0.15, 0.2) is 24.3 Å². The Morgan fingerprint density at radius 2 is 0.625 bits per heavy atom. The zero-order valence-corrected chi connectivity index (χ0v) is 54.3. The quantitative estimate of drug-likeness (QED) is 0.0320. The molecule has 0 aliphatic heterocycles. The van der Waals surface area contributed by atoms with Gasteiger partial charge < -0.3 is 20.3 Å². The van der Waals surface area contributed by atoms with Crippen molar-refractivity contribution >= 4 is 11.9 Å². The second-order valence-electron chi connectivity index (χ2n) is 25.3. The van der Waals surface area contributed by atoms with E-state index in [2.05, 4.69) is 43.5 Å². The molecule has 0 aliphatic carbocycles. The Balaban J connectivity index is 3.36. The predicted octanol–water partition coefficient (Wildman–Crippen LogP) is 23.7. The average Bonchev–Trinajstić information content (AvgIpc) is 3.46. The van der Waals surface area contributed by atoms with E-state index >= 15 is 0 Å². The molecular weight excluding hydrogens is 983 g/mol. The molecule has 0 aromatic carbocycles. The minimum absolute atomic E-state index is 0.0101. The number of aliphatic hydroxyl groups is 2. The van der Waals surface area contributed by atoms with Crippen LogP contribution in [-0.4, -0.2) is 47.4 Å². The summed E-state index contributed by atoms with van der Waals surface area (Å²) < 4.78 is 5.50. The largest absolute Gasteiger partial charge is 0.466 e. The predicted molar refractivity (Wildman–Crippen MR) is 352 cm³/mol. The molecule has 0 fully saturated rings. The highest BCUT2D eigenvalue weighted by Gasteiger charge is 2.20. The zero-order valence-electron chi connectivity index (χ0n) is 54.3. The summed E-state index contributed by atoms with van der Waals surface area (Å²) in [6, 6.07) is -0.541. The van der Waals surface area contributed by atoms with E-state index in [1.54, 1.807) is 0 Å². The first-order chi connectivity index (χ1) is 39.5. The summed E-state index contributed by atoms with van der Waals surface area (Å²) in [4.78, 5) is 24.7. The number of carbonyl (C=O) groups is 2. The highest BCUT2D eigenvalue weighted by molar-refractivity contribution is 5.76. The number of allylic oxidation sites excluding steroid dienone is 4. The molecule has 0 bridgehead atoms. The van der Waals surface area contributed by atoms with Gasteiger partial charge in [0.2, 0.25) is 5.91 Å². The molecule has 0 aromatic heterocycles. The standard InChI is InChI=1S/C74H143NO5/c1-3-5-7-9-11-13-15-17-19-21-23-31-34-38-42-46-50-54-58-62-66-72(77)71(70-76)75-73(78)67-63-59-55-51-47-43-39-35-32-29-27-25-24-26-28-30-33-37-41-45-49-53-57-61-65-69-80-74(79)68-64-60-56-52-48-44-40-36-22-20-18-16-14-12-10-8-6-4-2/h14,16,20,22,71-72,76-77H,3-13,15,17-19,21,23-70H2,1-2H3,(H,75,78)/b16-14-,22-20-. The molecule has 0 aliphatic rings. The fraction of sp³-hybridized carbons (Fsp3) is 0.919. The van der Waals surface area contributed by atoms with Gasteiger partial charge in [-0.1, -0.05) is 366 Å².